The normalized spacial score (nSPS) is 10.3. The Morgan fingerprint density at radius 1 is 1.29 bits per heavy atom. The molecule has 6 nitrogen and oxygen atoms in total. The molecule has 126 valence electrons. The Balaban J connectivity index is 2.44. The molecule has 1 heterocycles. The van der Waals surface area contributed by atoms with Gasteiger partial charge in [-0.2, -0.15) is 0 Å². The van der Waals surface area contributed by atoms with Crippen molar-refractivity contribution >= 4 is 34.1 Å². The Hall–Kier alpha value is -2.74. The van der Waals surface area contributed by atoms with Crippen LogP contribution in [0.4, 0.5) is 9.39 Å². The number of carbonyl (C=O) groups is 3. The minimum absolute atomic E-state index is 0.0420. The third kappa shape index (κ3) is 3.43. The van der Waals surface area contributed by atoms with Gasteiger partial charge in [0.25, 0.3) is 11.8 Å². The number of halogens is 1. The van der Waals surface area contributed by atoms with Crippen molar-refractivity contribution in [1.29, 1.82) is 0 Å². The fraction of sp³-hybridized carbons (Fsp3) is 0.188. The Labute approximate surface area is 141 Å². The monoisotopic (exact) mass is 350 g/mol. The number of carbonyl (C=O) groups excluding carboxylic acids is 3. The van der Waals surface area contributed by atoms with Gasteiger partial charge in [0.2, 0.25) is 0 Å². The van der Waals surface area contributed by atoms with E-state index in [-0.39, 0.29) is 27.6 Å². The third-order valence-electron chi connectivity index (χ3n) is 3.20. The van der Waals surface area contributed by atoms with Crippen molar-refractivity contribution in [2.45, 2.75) is 13.8 Å². The van der Waals surface area contributed by atoms with Crippen LogP contribution in [0.2, 0.25) is 0 Å². The summed E-state index contributed by atoms with van der Waals surface area (Å²) < 4.78 is 18.7. The molecular formula is C16H15FN2O4S. The van der Waals surface area contributed by atoms with Gasteiger partial charge in [-0.25, -0.2) is 9.18 Å². The SMILES string of the molecule is CCOC(=O)c1c(NC(=O)c2ccccc2F)sc(C(N)=O)c1C. The van der Waals surface area contributed by atoms with Crippen LogP contribution in [-0.2, 0) is 4.74 Å². The van der Waals surface area contributed by atoms with Crippen LogP contribution >= 0.6 is 11.3 Å². The van der Waals surface area contributed by atoms with Crippen LogP contribution in [0.3, 0.4) is 0 Å². The summed E-state index contributed by atoms with van der Waals surface area (Å²) in [4.78, 5) is 36.0. The molecule has 3 N–H and O–H groups in total. The largest absolute Gasteiger partial charge is 0.462 e. The molecule has 0 atom stereocenters. The van der Waals surface area contributed by atoms with Gasteiger partial charge in [0.1, 0.15) is 10.8 Å². The Morgan fingerprint density at radius 3 is 2.54 bits per heavy atom. The second-order valence-electron chi connectivity index (χ2n) is 4.78. The van der Waals surface area contributed by atoms with Crippen molar-refractivity contribution in [3.63, 3.8) is 0 Å². The standard InChI is InChI=1S/C16H15FN2O4S/c1-3-23-16(22)11-8(2)12(13(18)20)24-15(11)19-14(21)9-6-4-5-7-10(9)17/h4-7H,3H2,1-2H3,(H2,18,20)(H,19,21). The van der Waals surface area contributed by atoms with Crippen LogP contribution in [0.15, 0.2) is 24.3 Å². The van der Waals surface area contributed by atoms with E-state index < -0.39 is 23.6 Å². The van der Waals surface area contributed by atoms with E-state index in [1.165, 1.54) is 25.1 Å². The second kappa shape index (κ2) is 7.22. The van der Waals surface area contributed by atoms with Gasteiger partial charge in [-0.1, -0.05) is 12.1 Å². The molecule has 0 saturated carbocycles. The van der Waals surface area contributed by atoms with Crippen LogP contribution in [0, 0.1) is 12.7 Å². The number of amides is 2. The lowest BCUT2D eigenvalue weighted by Crippen LogP contribution is -2.16. The van der Waals surface area contributed by atoms with E-state index in [1.54, 1.807) is 6.92 Å². The molecule has 0 aliphatic rings. The minimum Gasteiger partial charge on any atom is -0.462 e. The van der Waals surface area contributed by atoms with E-state index in [0.717, 1.165) is 17.4 Å². The van der Waals surface area contributed by atoms with Crippen LogP contribution in [0.5, 0.6) is 0 Å². The summed E-state index contributed by atoms with van der Waals surface area (Å²) >= 11 is 0.847. The molecule has 0 aliphatic heterocycles. The number of esters is 1. The fourth-order valence-electron chi connectivity index (χ4n) is 2.10. The minimum atomic E-state index is -0.740. The van der Waals surface area contributed by atoms with Gasteiger partial charge >= 0.3 is 5.97 Å². The summed E-state index contributed by atoms with van der Waals surface area (Å²) in [5.74, 6) is -2.86. The van der Waals surface area contributed by atoms with Crippen LogP contribution in [0.25, 0.3) is 0 Å². The molecule has 0 spiro atoms. The van der Waals surface area contributed by atoms with E-state index in [0.29, 0.717) is 5.56 Å². The Bertz CT molecular complexity index is 816. The number of benzene rings is 1. The van der Waals surface area contributed by atoms with E-state index in [1.807, 2.05) is 0 Å². The first-order valence-electron chi connectivity index (χ1n) is 7.03. The highest BCUT2D eigenvalue weighted by molar-refractivity contribution is 7.18. The van der Waals surface area contributed by atoms with Crippen molar-refractivity contribution in [1.82, 2.24) is 0 Å². The van der Waals surface area contributed by atoms with E-state index in [2.05, 4.69) is 5.32 Å². The zero-order valence-electron chi connectivity index (χ0n) is 13.0. The van der Waals surface area contributed by atoms with Gasteiger partial charge in [-0.15, -0.1) is 11.3 Å². The first kappa shape index (κ1) is 17.6. The molecule has 2 aromatic rings. The molecule has 24 heavy (non-hydrogen) atoms. The molecule has 2 rings (SSSR count). The lowest BCUT2D eigenvalue weighted by Gasteiger charge is -2.07. The first-order chi connectivity index (χ1) is 11.4. The van der Waals surface area contributed by atoms with Gasteiger partial charge in [0.15, 0.2) is 0 Å². The molecule has 1 aromatic heterocycles. The summed E-state index contributed by atoms with van der Waals surface area (Å²) in [7, 11) is 0. The van der Waals surface area contributed by atoms with Crippen molar-refractivity contribution in [3.8, 4) is 0 Å². The molecular weight excluding hydrogens is 335 g/mol. The molecule has 8 heteroatoms. The number of primary amides is 1. The highest BCUT2D eigenvalue weighted by Crippen LogP contribution is 2.34. The number of rotatable bonds is 5. The topological polar surface area (TPSA) is 98.5 Å². The average Bonchev–Trinajstić information content (AvgIpc) is 2.84. The summed E-state index contributed by atoms with van der Waals surface area (Å²) in [6, 6.07) is 5.43. The van der Waals surface area contributed by atoms with Gasteiger partial charge in [-0.05, 0) is 31.5 Å². The summed E-state index contributed by atoms with van der Waals surface area (Å²) in [6.45, 7) is 3.29. The Morgan fingerprint density at radius 2 is 1.96 bits per heavy atom. The quantitative estimate of drug-likeness (QED) is 0.810. The van der Waals surface area contributed by atoms with Crippen LogP contribution in [-0.4, -0.2) is 24.4 Å². The molecule has 0 saturated heterocycles. The number of anilines is 1. The average molecular weight is 350 g/mol. The number of ether oxygens (including phenoxy) is 1. The number of nitrogens with two attached hydrogens (primary N) is 1. The number of thiophene rings is 1. The summed E-state index contributed by atoms with van der Waals surface area (Å²) in [6.07, 6.45) is 0. The maximum Gasteiger partial charge on any atom is 0.341 e. The number of nitrogens with one attached hydrogen (secondary N) is 1. The van der Waals surface area contributed by atoms with Gasteiger partial charge in [0.05, 0.1) is 22.6 Å². The van der Waals surface area contributed by atoms with Crippen molar-refractivity contribution in [2.75, 3.05) is 11.9 Å². The summed E-state index contributed by atoms with van der Waals surface area (Å²) in [5, 5.41) is 2.54. The highest BCUT2D eigenvalue weighted by atomic mass is 32.1. The second-order valence-corrected chi connectivity index (χ2v) is 5.80. The predicted molar refractivity (Wildman–Crippen MR) is 87.9 cm³/mol. The first-order valence-corrected chi connectivity index (χ1v) is 7.84. The predicted octanol–water partition coefficient (Wildman–Crippen LogP) is 2.72. The maximum absolute atomic E-state index is 13.7. The maximum atomic E-state index is 13.7. The highest BCUT2D eigenvalue weighted by Gasteiger charge is 2.26. The van der Waals surface area contributed by atoms with E-state index in [4.69, 9.17) is 10.5 Å². The summed E-state index contributed by atoms with van der Waals surface area (Å²) in [5.41, 5.74) is 5.46. The van der Waals surface area contributed by atoms with Crippen LogP contribution in [0.1, 0.15) is 42.9 Å². The molecule has 0 bridgehead atoms. The molecule has 0 aliphatic carbocycles. The smallest absolute Gasteiger partial charge is 0.341 e. The fourth-order valence-corrected chi connectivity index (χ4v) is 3.14. The van der Waals surface area contributed by atoms with Crippen molar-refractivity contribution in [2.24, 2.45) is 5.73 Å². The molecule has 0 fully saturated rings. The lowest BCUT2D eigenvalue weighted by atomic mass is 10.1. The Kier molecular flexibility index (Phi) is 5.30. The van der Waals surface area contributed by atoms with E-state index in [9.17, 15) is 18.8 Å². The van der Waals surface area contributed by atoms with Crippen molar-refractivity contribution < 1.29 is 23.5 Å². The third-order valence-corrected chi connectivity index (χ3v) is 4.42. The van der Waals surface area contributed by atoms with E-state index >= 15 is 0 Å². The van der Waals surface area contributed by atoms with Crippen LogP contribution < -0.4 is 11.1 Å². The lowest BCUT2D eigenvalue weighted by molar-refractivity contribution is 0.0527. The zero-order valence-corrected chi connectivity index (χ0v) is 13.8. The molecule has 0 unspecified atom stereocenters. The zero-order chi connectivity index (χ0) is 17.9. The van der Waals surface area contributed by atoms with Gasteiger partial charge < -0.3 is 15.8 Å². The van der Waals surface area contributed by atoms with Crippen molar-refractivity contribution in [3.05, 3.63) is 51.7 Å². The molecule has 0 radical (unpaired) electrons. The van der Waals surface area contributed by atoms with Gasteiger partial charge in [-0.3, -0.25) is 9.59 Å². The van der Waals surface area contributed by atoms with Gasteiger partial charge in [0, 0.05) is 0 Å². The number of hydrogen-bond acceptors (Lipinski definition) is 5. The molecule has 1 aromatic carbocycles. The number of hydrogen-bond donors (Lipinski definition) is 2. The molecule has 2 amide bonds.